The summed E-state index contributed by atoms with van der Waals surface area (Å²) in [6.07, 6.45) is 1.02. The van der Waals surface area contributed by atoms with Crippen LogP contribution < -0.4 is 10.2 Å². The molecule has 0 bridgehead atoms. The zero-order valence-corrected chi connectivity index (χ0v) is 16.7. The van der Waals surface area contributed by atoms with Gasteiger partial charge in [0.2, 0.25) is 0 Å². The quantitative estimate of drug-likeness (QED) is 0.560. The predicted octanol–water partition coefficient (Wildman–Crippen LogP) is 3.60. The maximum absolute atomic E-state index is 6.45. The number of H-pyrrole nitrogens is 1. The van der Waals surface area contributed by atoms with Gasteiger partial charge >= 0.3 is 0 Å². The van der Waals surface area contributed by atoms with Crippen LogP contribution in [-0.4, -0.2) is 55.6 Å². The number of aromatic nitrogens is 2. The van der Waals surface area contributed by atoms with Crippen molar-refractivity contribution in [3.8, 4) is 0 Å². The first kappa shape index (κ1) is 21.7. The van der Waals surface area contributed by atoms with Crippen molar-refractivity contribution in [1.29, 1.82) is 0 Å². The molecule has 1 saturated heterocycles. The number of fused-ring (bicyclic) bond motifs is 1. The van der Waals surface area contributed by atoms with Gasteiger partial charge in [0.25, 0.3) is 0 Å². The van der Waals surface area contributed by atoms with E-state index in [-0.39, 0.29) is 24.8 Å². The number of nitrogens with zero attached hydrogens (tertiary/aromatic N) is 2. The van der Waals surface area contributed by atoms with Gasteiger partial charge in [-0.3, -0.25) is 0 Å². The molecule has 0 saturated carbocycles. The molecular formula is C15H23Cl3N4OS. The molecule has 0 spiro atoms. The highest BCUT2D eigenvalue weighted by Gasteiger charge is 2.15. The summed E-state index contributed by atoms with van der Waals surface area (Å²) in [5.74, 6) is 0.992. The monoisotopic (exact) mass is 412 g/mol. The molecule has 1 fully saturated rings. The van der Waals surface area contributed by atoms with Crippen LogP contribution in [0.1, 0.15) is 6.42 Å². The number of benzene rings is 1. The van der Waals surface area contributed by atoms with Gasteiger partial charge < -0.3 is 19.9 Å². The van der Waals surface area contributed by atoms with Crippen LogP contribution in [0.15, 0.2) is 17.3 Å². The van der Waals surface area contributed by atoms with Crippen molar-refractivity contribution in [3.05, 3.63) is 17.2 Å². The summed E-state index contributed by atoms with van der Waals surface area (Å²) in [7, 11) is 1.73. The van der Waals surface area contributed by atoms with Crippen molar-refractivity contribution in [2.45, 2.75) is 11.6 Å². The second kappa shape index (κ2) is 10.6. The molecule has 136 valence electrons. The molecule has 0 aliphatic carbocycles. The average Bonchev–Trinajstić information content (AvgIpc) is 2.93. The van der Waals surface area contributed by atoms with Gasteiger partial charge in [0, 0.05) is 45.6 Å². The first-order chi connectivity index (χ1) is 10.8. The summed E-state index contributed by atoms with van der Waals surface area (Å²) >= 11 is 8.17. The zero-order valence-electron chi connectivity index (χ0n) is 13.5. The number of anilines is 1. The molecule has 2 N–H and O–H groups in total. The summed E-state index contributed by atoms with van der Waals surface area (Å²) in [5.41, 5.74) is 3.07. The number of hydrogen-bond acceptors (Lipinski definition) is 5. The molecule has 0 radical (unpaired) electrons. The predicted molar refractivity (Wildman–Crippen MR) is 108 cm³/mol. The summed E-state index contributed by atoms with van der Waals surface area (Å²) < 4.78 is 5.07. The van der Waals surface area contributed by atoms with E-state index < -0.39 is 0 Å². The van der Waals surface area contributed by atoms with Crippen LogP contribution in [0.3, 0.4) is 0 Å². The minimum Gasteiger partial charge on any atom is -0.385 e. The van der Waals surface area contributed by atoms with E-state index in [0.29, 0.717) is 0 Å². The van der Waals surface area contributed by atoms with Crippen LogP contribution in [0.25, 0.3) is 11.0 Å². The summed E-state index contributed by atoms with van der Waals surface area (Å²) in [6, 6.07) is 4.08. The SMILES string of the molecule is COCCCSc1nc2cc(Cl)c(N3CCNCC3)cc2[nH]1.Cl.Cl. The molecule has 2 aromatic rings. The number of imidazole rings is 1. The number of thioether (sulfide) groups is 1. The number of halogens is 3. The van der Waals surface area contributed by atoms with Gasteiger partial charge in [0.1, 0.15) is 0 Å². The summed E-state index contributed by atoms with van der Waals surface area (Å²) in [6.45, 7) is 4.75. The molecule has 2 heterocycles. The Morgan fingerprint density at radius 1 is 1.29 bits per heavy atom. The van der Waals surface area contributed by atoms with E-state index in [4.69, 9.17) is 16.3 Å². The molecule has 1 aromatic carbocycles. The minimum absolute atomic E-state index is 0. The Kier molecular flexibility index (Phi) is 9.56. The lowest BCUT2D eigenvalue weighted by atomic mass is 10.2. The largest absolute Gasteiger partial charge is 0.385 e. The Balaban J connectivity index is 0.00000144. The third-order valence-corrected chi connectivity index (χ3v) is 4.98. The number of piperazine rings is 1. The van der Waals surface area contributed by atoms with Gasteiger partial charge in [-0.2, -0.15) is 0 Å². The third kappa shape index (κ3) is 5.31. The van der Waals surface area contributed by atoms with Gasteiger partial charge in [-0.25, -0.2) is 4.98 Å². The number of hydrogen-bond donors (Lipinski definition) is 2. The van der Waals surface area contributed by atoms with Crippen LogP contribution in [0.4, 0.5) is 5.69 Å². The smallest absolute Gasteiger partial charge is 0.166 e. The van der Waals surface area contributed by atoms with E-state index in [2.05, 4.69) is 26.3 Å². The fraction of sp³-hybridized carbons (Fsp3) is 0.533. The lowest BCUT2D eigenvalue weighted by molar-refractivity contribution is 0.200. The molecule has 1 aliphatic heterocycles. The molecular weight excluding hydrogens is 391 g/mol. The van der Waals surface area contributed by atoms with Crippen molar-refractivity contribution >= 4 is 64.9 Å². The van der Waals surface area contributed by atoms with Crippen molar-refractivity contribution in [1.82, 2.24) is 15.3 Å². The van der Waals surface area contributed by atoms with E-state index in [9.17, 15) is 0 Å². The highest BCUT2D eigenvalue weighted by atomic mass is 35.5. The average molecular weight is 414 g/mol. The second-order valence-corrected chi connectivity index (χ2v) is 6.79. The molecule has 5 nitrogen and oxygen atoms in total. The standard InChI is InChI=1S/C15H21ClN4OS.2ClH/c1-21-7-2-8-22-15-18-12-9-11(16)14(10-13(12)19-15)20-5-3-17-4-6-20;;/h9-10,17H,2-8H2,1H3,(H,18,19);2*1H. The molecule has 9 heteroatoms. The highest BCUT2D eigenvalue weighted by Crippen LogP contribution is 2.31. The first-order valence-electron chi connectivity index (χ1n) is 7.54. The Morgan fingerprint density at radius 3 is 2.75 bits per heavy atom. The summed E-state index contributed by atoms with van der Waals surface area (Å²) in [4.78, 5) is 10.3. The maximum Gasteiger partial charge on any atom is 0.166 e. The zero-order chi connectivity index (χ0) is 15.4. The Bertz CT molecular complexity index is 634. The van der Waals surface area contributed by atoms with Crippen LogP contribution in [0, 0.1) is 0 Å². The van der Waals surface area contributed by atoms with Crippen molar-refractivity contribution < 1.29 is 4.74 Å². The van der Waals surface area contributed by atoms with Gasteiger partial charge in [0.15, 0.2) is 5.16 Å². The highest BCUT2D eigenvalue weighted by molar-refractivity contribution is 7.99. The Labute approximate surface area is 164 Å². The number of methoxy groups -OCH3 is 1. The molecule has 0 atom stereocenters. The van der Waals surface area contributed by atoms with Crippen LogP contribution in [0.5, 0.6) is 0 Å². The normalized spacial score (nSPS) is 14.3. The van der Waals surface area contributed by atoms with Gasteiger partial charge in [-0.05, 0) is 18.6 Å². The van der Waals surface area contributed by atoms with E-state index >= 15 is 0 Å². The topological polar surface area (TPSA) is 53.2 Å². The van der Waals surface area contributed by atoms with Gasteiger partial charge in [-0.15, -0.1) is 24.8 Å². The van der Waals surface area contributed by atoms with Gasteiger partial charge in [0.05, 0.1) is 21.7 Å². The number of aromatic amines is 1. The second-order valence-electron chi connectivity index (χ2n) is 5.29. The van der Waals surface area contributed by atoms with Crippen molar-refractivity contribution in [2.75, 3.05) is 50.5 Å². The van der Waals surface area contributed by atoms with Crippen LogP contribution >= 0.6 is 48.2 Å². The van der Waals surface area contributed by atoms with Crippen LogP contribution in [0.2, 0.25) is 5.02 Å². The Hall–Kier alpha value is -0.370. The lowest BCUT2D eigenvalue weighted by Crippen LogP contribution is -2.43. The maximum atomic E-state index is 6.45. The van der Waals surface area contributed by atoms with E-state index in [1.807, 2.05) is 6.07 Å². The molecule has 1 aliphatic rings. The first-order valence-corrected chi connectivity index (χ1v) is 8.91. The van der Waals surface area contributed by atoms with Gasteiger partial charge in [-0.1, -0.05) is 23.4 Å². The van der Waals surface area contributed by atoms with E-state index in [1.165, 1.54) is 0 Å². The molecule has 0 unspecified atom stereocenters. The minimum atomic E-state index is 0. The fourth-order valence-corrected chi connectivity index (χ4v) is 3.66. The number of nitrogens with one attached hydrogen (secondary N) is 2. The number of rotatable bonds is 6. The molecule has 0 amide bonds. The van der Waals surface area contributed by atoms with E-state index in [1.54, 1.807) is 18.9 Å². The molecule has 1 aromatic heterocycles. The third-order valence-electron chi connectivity index (χ3n) is 3.72. The van der Waals surface area contributed by atoms with E-state index in [0.717, 1.165) is 71.9 Å². The lowest BCUT2D eigenvalue weighted by Gasteiger charge is -2.30. The number of ether oxygens (including phenoxy) is 1. The van der Waals surface area contributed by atoms with Crippen LogP contribution in [-0.2, 0) is 4.74 Å². The Morgan fingerprint density at radius 2 is 2.04 bits per heavy atom. The summed E-state index contributed by atoms with van der Waals surface area (Å²) in [5, 5.41) is 5.08. The fourth-order valence-electron chi connectivity index (χ4n) is 2.59. The molecule has 3 rings (SSSR count). The van der Waals surface area contributed by atoms with Crippen molar-refractivity contribution in [3.63, 3.8) is 0 Å². The molecule has 24 heavy (non-hydrogen) atoms. The van der Waals surface area contributed by atoms with Crippen molar-refractivity contribution in [2.24, 2.45) is 0 Å².